The summed E-state index contributed by atoms with van der Waals surface area (Å²) in [7, 11) is 0. The topological polar surface area (TPSA) is 26.0 Å². The maximum Gasteiger partial charge on any atom is 0.00673 e. The number of hydrogen-bond acceptors (Lipinski definition) is 1. The van der Waals surface area contributed by atoms with Crippen molar-refractivity contribution in [3.8, 4) is 0 Å². The molecule has 3 unspecified atom stereocenters. The summed E-state index contributed by atoms with van der Waals surface area (Å²) in [6.45, 7) is 14.2. The molecular formula is C17H35N. The summed E-state index contributed by atoms with van der Waals surface area (Å²) in [5.41, 5.74) is 7.27. The number of hydrogen-bond donors (Lipinski definition) is 1. The van der Waals surface area contributed by atoms with Gasteiger partial charge in [-0.05, 0) is 54.8 Å². The lowest BCUT2D eigenvalue weighted by Crippen LogP contribution is -2.39. The van der Waals surface area contributed by atoms with Crippen LogP contribution in [-0.2, 0) is 0 Å². The molecule has 1 saturated carbocycles. The van der Waals surface area contributed by atoms with Crippen LogP contribution in [0.15, 0.2) is 0 Å². The lowest BCUT2D eigenvalue weighted by molar-refractivity contribution is 0.119. The summed E-state index contributed by atoms with van der Waals surface area (Å²) in [5, 5.41) is 0. The van der Waals surface area contributed by atoms with Gasteiger partial charge in [-0.1, -0.05) is 48.0 Å². The van der Waals surface area contributed by atoms with Crippen molar-refractivity contribution in [1.29, 1.82) is 0 Å². The van der Waals surface area contributed by atoms with Crippen molar-refractivity contribution in [2.24, 2.45) is 28.4 Å². The van der Waals surface area contributed by atoms with Crippen LogP contribution in [-0.4, -0.2) is 6.04 Å². The third-order valence-corrected chi connectivity index (χ3v) is 4.77. The van der Waals surface area contributed by atoms with Gasteiger partial charge in [-0.15, -0.1) is 0 Å². The van der Waals surface area contributed by atoms with Gasteiger partial charge in [-0.3, -0.25) is 0 Å². The normalized spacial score (nSPS) is 30.5. The Hall–Kier alpha value is -0.0400. The summed E-state index contributed by atoms with van der Waals surface area (Å²) in [6.07, 6.45) is 7.94. The van der Waals surface area contributed by atoms with E-state index in [2.05, 4.69) is 41.5 Å². The van der Waals surface area contributed by atoms with E-state index in [0.717, 1.165) is 11.8 Å². The summed E-state index contributed by atoms with van der Waals surface area (Å²) in [6, 6.07) is 0.462. The summed E-state index contributed by atoms with van der Waals surface area (Å²) in [4.78, 5) is 0. The molecule has 0 heterocycles. The van der Waals surface area contributed by atoms with Crippen LogP contribution in [0.5, 0.6) is 0 Å². The lowest BCUT2D eigenvalue weighted by atomic mass is 9.66. The Bertz CT molecular complexity index is 243. The van der Waals surface area contributed by atoms with E-state index >= 15 is 0 Å². The molecule has 18 heavy (non-hydrogen) atoms. The third kappa shape index (κ3) is 5.30. The quantitative estimate of drug-likeness (QED) is 0.753. The molecule has 0 aliphatic heterocycles. The highest BCUT2D eigenvalue weighted by molar-refractivity contribution is 4.87. The van der Waals surface area contributed by atoms with Crippen LogP contribution in [0, 0.1) is 22.7 Å². The SMILES string of the molecule is CC(C)(C)CCCC1CC(C(C)(C)C)CCC1N. The van der Waals surface area contributed by atoms with Crippen molar-refractivity contribution < 1.29 is 0 Å². The van der Waals surface area contributed by atoms with Crippen molar-refractivity contribution in [3.05, 3.63) is 0 Å². The van der Waals surface area contributed by atoms with E-state index in [9.17, 15) is 0 Å². The standard InChI is InChI=1S/C17H35N/c1-16(2,3)11-7-8-13-12-14(17(4,5)6)9-10-15(13)18/h13-15H,7-12,18H2,1-6H3. The van der Waals surface area contributed by atoms with Crippen LogP contribution in [0.25, 0.3) is 0 Å². The van der Waals surface area contributed by atoms with E-state index in [4.69, 9.17) is 5.73 Å². The van der Waals surface area contributed by atoms with Crippen LogP contribution in [0.1, 0.15) is 80.1 Å². The van der Waals surface area contributed by atoms with Crippen molar-refractivity contribution in [3.63, 3.8) is 0 Å². The molecular weight excluding hydrogens is 218 g/mol. The Morgan fingerprint density at radius 1 is 1.00 bits per heavy atom. The first-order valence-electron chi connectivity index (χ1n) is 7.85. The molecule has 1 heteroatoms. The van der Waals surface area contributed by atoms with Gasteiger partial charge < -0.3 is 5.73 Å². The largest absolute Gasteiger partial charge is 0.327 e. The highest BCUT2D eigenvalue weighted by Crippen LogP contribution is 2.41. The molecule has 0 radical (unpaired) electrons. The molecule has 0 aromatic rings. The van der Waals surface area contributed by atoms with E-state index in [1.54, 1.807) is 0 Å². The predicted octanol–water partition coefficient (Wildman–Crippen LogP) is 4.99. The Kier molecular flexibility index (Phi) is 5.29. The van der Waals surface area contributed by atoms with Crippen molar-refractivity contribution >= 4 is 0 Å². The molecule has 0 aromatic heterocycles. The zero-order chi connectivity index (χ0) is 14.0. The molecule has 0 aromatic carbocycles. The average molecular weight is 253 g/mol. The van der Waals surface area contributed by atoms with E-state index < -0.39 is 0 Å². The monoisotopic (exact) mass is 253 g/mol. The molecule has 1 rings (SSSR count). The lowest BCUT2D eigenvalue weighted by Gasteiger charge is -2.41. The van der Waals surface area contributed by atoms with Crippen LogP contribution in [0.3, 0.4) is 0 Å². The molecule has 2 N–H and O–H groups in total. The Morgan fingerprint density at radius 2 is 1.61 bits per heavy atom. The minimum atomic E-state index is 0.461. The molecule has 1 fully saturated rings. The van der Waals surface area contributed by atoms with E-state index in [-0.39, 0.29) is 0 Å². The van der Waals surface area contributed by atoms with Gasteiger partial charge in [0.05, 0.1) is 0 Å². The molecule has 0 bridgehead atoms. The Balaban J connectivity index is 2.43. The van der Waals surface area contributed by atoms with Gasteiger partial charge in [-0.25, -0.2) is 0 Å². The van der Waals surface area contributed by atoms with E-state index in [1.807, 2.05) is 0 Å². The van der Waals surface area contributed by atoms with Gasteiger partial charge in [0.1, 0.15) is 0 Å². The zero-order valence-corrected chi connectivity index (χ0v) is 13.6. The van der Waals surface area contributed by atoms with Crippen molar-refractivity contribution in [2.45, 2.75) is 86.1 Å². The van der Waals surface area contributed by atoms with Gasteiger partial charge >= 0.3 is 0 Å². The summed E-state index contributed by atoms with van der Waals surface area (Å²) in [5.74, 6) is 1.64. The van der Waals surface area contributed by atoms with Crippen LogP contribution < -0.4 is 5.73 Å². The minimum Gasteiger partial charge on any atom is -0.327 e. The highest BCUT2D eigenvalue weighted by atomic mass is 14.7. The van der Waals surface area contributed by atoms with Crippen molar-refractivity contribution in [2.75, 3.05) is 0 Å². The van der Waals surface area contributed by atoms with Gasteiger partial charge in [0, 0.05) is 6.04 Å². The summed E-state index contributed by atoms with van der Waals surface area (Å²) >= 11 is 0. The molecule has 1 aliphatic rings. The molecule has 0 saturated heterocycles. The Morgan fingerprint density at radius 3 is 2.11 bits per heavy atom. The molecule has 3 atom stereocenters. The van der Waals surface area contributed by atoms with Gasteiger partial charge in [0.2, 0.25) is 0 Å². The first-order valence-corrected chi connectivity index (χ1v) is 7.85. The molecule has 108 valence electrons. The predicted molar refractivity (Wildman–Crippen MR) is 81.6 cm³/mol. The number of rotatable bonds is 3. The molecule has 0 amide bonds. The first-order chi connectivity index (χ1) is 8.09. The summed E-state index contributed by atoms with van der Waals surface area (Å²) < 4.78 is 0. The maximum atomic E-state index is 6.33. The highest BCUT2D eigenvalue weighted by Gasteiger charge is 2.34. The maximum absolute atomic E-state index is 6.33. The fourth-order valence-electron chi connectivity index (χ4n) is 3.30. The Labute approximate surface area is 115 Å². The first kappa shape index (κ1) is 16.0. The second-order valence-corrected chi connectivity index (χ2v) is 8.75. The molecule has 0 spiro atoms. The average Bonchev–Trinajstić information content (AvgIpc) is 2.17. The van der Waals surface area contributed by atoms with Crippen molar-refractivity contribution in [1.82, 2.24) is 0 Å². The zero-order valence-electron chi connectivity index (χ0n) is 13.6. The third-order valence-electron chi connectivity index (χ3n) is 4.77. The minimum absolute atomic E-state index is 0.461. The van der Waals surface area contributed by atoms with Gasteiger partial charge in [0.25, 0.3) is 0 Å². The van der Waals surface area contributed by atoms with E-state index in [1.165, 1.54) is 38.5 Å². The second-order valence-electron chi connectivity index (χ2n) is 8.75. The number of nitrogens with two attached hydrogens (primary N) is 1. The smallest absolute Gasteiger partial charge is 0.00673 e. The fraction of sp³-hybridized carbons (Fsp3) is 1.00. The van der Waals surface area contributed by atoms with Crippen LogP contribution >= 0.6 is 0 Å². The van der Waals surface area contributed by atoms with Crippen LogP contribution in [0.2, 0.25) is 0 Å². The van der Waals surface area contributed by atoms with Crippen LogP contribution in [0.4, 0.5) is 0 Å². The van der Waals surface area contributed by atoms with E-state index in [0.29, 0.717) is 16.9 Å². The molecule has 1 aliphatic carbocycles. The molecule has 1 nitrogen and oxygen atoms in total. The second kappa shape index (κ2) is 5.94. The van der Waals surface area contributed by atoms with Gasteiger partial charge in [-0.2, -0.15) is 0 Å². The fourth-order valence-corrected chi connectivity index (χ4v) is 3.30. The van der Waals surface area contributed by atoms with Gasteiger partial charge in [0.15, 0.2) is 0 Å².